The Bertz CT molecular complexity index is 880. The quantitative estimate of drug-likeness (QED) is 0.689. The van der Waals surface area contributed by atoms with Crippen LogP contribution in [-0.2, 0) is 16.6 Å². The number of nitrogens with zero attached hydrogens (tertiary/aromatic N) is 2. The summed E-state index contributed by atoms with van der Waals surface area (Å²) in [5.74, 6) is -0.225. The maximum atomic E-state index is 12.7. The molecule has 0 aromatic heterocycles. The SMILES string of the molecule is CC(C)N(C)S(=O)(=O)c1cccc(C(=O)N(C)Cc2ccc(Br)cc2)c1. The number of hydrogen-bond donors (Lipinski definition) is 0. The summed E-state index contributed by atoms with van der Waals surface area (Å²) in [6.45, 7) is 4.05. The molecule has 2 aromatic rings. The molecule has 0 radical (unpaired) electrons. The van der Waals surface area contributed by atoms with E-state index in [0.29, 0.717) is 12.1 Å². The normalized spacial score (nSPS) is 11.8. The number of sulfonamides is 1. The third-order valence-electron chi connectivity index (χ3n) is 4.16. The van der Waals surface area contributed by atoms with Crippen LogP contribution in [0.5, 0.6) is 0 Å². The minimum Gasteiger partial charge on any atom is -0.337 e. The lowest BCUT2D eigenvalue weighted by molar-refractivity contribution is 0.0785. The molecule has 0 fully saturated rings. The van der Waals surface area contributed by atoms with Gasteiger partial charge < -0.3 is 4.90 Å². The van der Waals surface area contributed by atoms with Gasteiger partial charge in [-0.25, -0.2) is 8.42 Å². The van der Waals surface area contributed by atoms with Gasteiger partial charge in [-0.2, -0.15) is 4.31 Å². The van der Waals surface area contributed by atoms with Crippen molar-refractivity contribution in [1.29, 1.82) is 0 Å². The fraction of sp³-hybridized carbons (Fsp3) is 0.316. The highest BCUT2D eigenvalue weighted by Gasteiger charge is 2.24. The van der Waals surface area contributed by atoms with Crippen LogP contribution in [0.4, 0.5) is 0 Å². The Kier molecular flexibility index (Phi) is 6.60. The zero-order valence-electron chi connectivity index (χ0n) is 15.3. The van der Waals surface area contributed by atoms with E-state index in [4.69, 9.17) is 0 Å². The van der Waals surface area contributed by atoms with E-state index in [9.17, 15) is 13.2 Å². The number of halogens is 1. The van der Waals surface area contributed by atoms with Gasteiger partial charge in [0.25, 0.3) is 5.91 Å². The lowest BCUT2D eigenvalue weighted by Gasteiger charge is -2.22. The molecule has 0 aliphatic carbocycles. The molecular weight excluding hydrogens is 416 g/mol. The summed E-state index contributed by atoms with van der Waals surface area (Å²) in [5.41, 5.74) is 1.34. The predicted molar refractivity (Wildman–Crippen MR) is 106 cm³/mol. The average Bonchev–Trinajstić information content (AvgIpc) is 2.62. The van der Waals surface area contributed by atoms with Crippen molar-refractivity contribution < 1.29 is 13.2 Å². The van der Waals surface area contributed by atoms with E-state index < -0.39 is 10.0 Å². The first-order valence-electron chi connectivity index (χ1n) is 8.21. The molecule has 5 nitrogen and oxygen atoms in total. The molecule has 0 aliphatic rings. The Morgan fingerprint density at radius 3 is 2.27 bits per heavy atom. The highest BCUT2D eigenvalue weighted by Crippen LogP contribution is 2.19. The molecule has 0 N–H and O–H groups in total. The topological polar surface area (TPSA) is 57.7 Å². The highest BCUT2D eigenvalue weighted by atomic mass is 79.9. The molecule has 0 atom stereocenters. The van der Waals surface area contributed by atoms with Crippen molar-refractivity contribution in [2.45, 2.75) is 31.3 Å². The Labute approximate surface area is 163 Å². The van der Waals surface area contributed by atoms with E-state index in [-0.39, 0.29) is 16.8 Å². The van der Waals surface area contributed by atoms with E-state index >= 15 is 0 Å². The maximum Gasteiger partial charge on any atom is 0.253 e. The van der Waals surface area contributed by atoms with Gasteiger partial charge in [0.1, 0.15) is 0 Å². The zero-order chi connectivity index (χ0) is 19.5. The van der Waals surface area contributed by atoms with Crippen LogP contribution < -0.4 is 0 Å². The van der Waals surface area contributed by atoms with Crippen molar-refractivity contribution in [3.8, 4) is 0 Å². The smallest absolute Gasteiger partial charge is 0.253 e. The summed E-state index contributed by atoms with van der Waals surface area (Å²) in [6, 6.07) is 13.7. The Balaban J connectivity index is 2.23. The summed E-state index contributed by atoms with van der Waals surface area (Å²) in [4.78, 5) is 14.4. The van der Waals surface area contributed by atoms with Crippen molar-refractivity contribution in [2.75, 3.05) is 14.1 Å². The van der Waals surface area contributed by atoms with Gasteiger partial charge in [-0.05, 0) is 49.7 Å². The lowest BCUT2D eigenvalue weighted by atomic mass is 10.1. The summed E-state index contributed by atoms with van der Waals surface area (Å²) in [7, 11) is -0.390. The van der Waals surface area contributed by atoms with Crippen LogP contribution in [-0.4, -0.2) is 43.7 Å². The number of benzene rings is 2. The van der Waals surface area contributed by atoms with Crippen LogP contribution in [0.1, 0.15) is 29.8 Å². The molecule has 2 aromatic carbocycles. The average molecular weight is 439 g/mol. The monoisotopic (exact) mass is 438 g/mol. The summed E-state index contributed by atoms with van der Waals surface area (Å²) in [6.07, 6.45) is 0. The standard InChI is InChI=1S/C19H23BrN2O3S/c1-14(2)22(4)26(24,25)18-7-5-6-16(12-18)19(23)21(3)13-15-8-10-17(20)11-9-15/h5-12,14H,13H2,1-4H3. The van der Waals surface area contributed by atoms with Crippen LogP contribution in [0.25, 0.3) is 0 Å². The molecule has 0 spiro atoms. The summed E-state index contributed by atoms with van der Waals surface area (Å²) >= 11 is 3.38. The second-order valence-corrected chi connectivity index (χ2v) is 9.34. The molecular formula is C19H23BrN2O3S. The predicted octanol–water partition coefficient (Wildman–Crippen LogP) is 3.75. The molecule has 140 valence electrons. The zero-order valence-corrected chi connectivity index (χ0v) is 17.7. The number of carbonyl (C=O) groups is 1. The first-order chi connectivity index (χ1) is 12.1. The molecule has 26 heavy (non-hydrogen) atoms. The van der Waals surface area contributed by atoms with Gasteiger partial charge in [0.05, 0.1) is 4.90 Å². The summed E-state index contributed by atoms with van der Waals surface area (Å²) in [5, 5.41) is 0. The van der Waals surface area contributed by atoms with Crippen LogP contribution in [0.2, 0.25) is 0 Å². The second-order valence-electron chi connectivity index (χ2n) is 6.43. The van der Waals surface area contributed by atoms with E-state index in [1.807, 2.05) is 24.3 Å². The third-order valence-corrected chi connectivity index (χ3v) is 6.72. The molecule has 1 amide bonds. The van der Waals surface area contributed by atoms with Crippen molar-refractivity contribution in [3.63, 3.8) is 0 Å². The number of hydrogen-bond acceptors (Lipinski definition) is 3. The molecule has 0 bridgehead atoms. The van der Waals surface area contributed by atoms with Crippen molar-refractivity contribution in [1.82, 2.24) is 9.21 Å². The lowest BCUT2D eigenvalue weighted by Crippen LogP contribution is -2.33. The van der Waals surface area contributed by atoms with Gasteiger partial charge in [-0.15, -0.1) is 0 Å². The number of carbonyl (C=O) groups excluding carboxylic acids is 1. The maximum absolute atomic E-state index is 12.7. The van der Waals surface area contributed by atoms with Gasteiger partial charge in [0.2, 0.25) is 10.0 Å². The van der Waals surface area contributed by atoms with E-state index in [0.717, 1.165) is 10.0 Å². The molecule has 0 heterocycles. The van der Waals surface area contributed by atoms with Gasteiger partial charge in [0.15, 0.2) is 0 Å². The first-order valence-corrected chi connectivity index (χ1v) is 10.4. The molecule has 7 heteroatoms. The van der Waals surface area contributed by atoms with Crippen LogP contribution >= 0.6 is 15.9 Å². The molecule has 2 rings (SSSR count). The van der Waals surface area contributed by atoms with Gasteiger partial charge in [-0.1, -0.05) is 34.1 Å². The fourth-order valence-corrected chi connectivity index (χ4v) is 4.07. The molecule has 0 saturated heterocycles. The highest BCUT2D eigenvalue weighted by molar-refractivity contribution is 9.10. The van der Waals surface area contributed by atoms with Gasteiger partial charge in [-0.3, -0.25) is 4.79 Å². The number of rotatable bonds is 6. The van der Waals surface area contributed by atoms with Gasteiger partial charge in [0, 0.05) is 36.7 Å². The van der Waals surface area contributed by atoms with Crippen molar-refractivity contribution in [2.24, 2.45) is 0 Å². The van der Waals surface area contributed by atoms with Crippen molar-refractivity contribution in [3.05, 3.63) is 64.1 Å². The Hall–Kier alpha value is -1.70. The van der Waals surface area contributed by atoms with Crippen LogP contribution in [0, 0.1) is 0 Å². The molecule has 0 saturated carbocycles. The van der Waals surface area contributed by atoms with Crippen LogP contribution in [0.15, 0.2) is 57.9 Å². The van der Waals surface area contributed by atoms with E-state index in [1.165, 1.54) is 23.5 Å². The fourth-order valence-electron chi connectivity index (χ4n) is 2.39. The number of amides is 1. The Morgan fingerprint density at radius 2 is 1.69 bits per heavy atom. The minimum atomic E-state index is -3.63. The third kappa shape index (κ3) is 4.72. The van der Waals surface area contributed by atoms with Crippen molar-refractivity contribution >= 4 is 31.9 Å². The van der Waals surface area contributed by atoms with Crippen LogP contribution in [0.3, 0.4) is 0 Å². The van der Waals surface area contributed by atoms with E-state index in [1.54, 1.807) is 37.9 Å². The molecule has 0 aliphatic heterocycles. The first kappa shape index (κ1) is 20.6. The summed E-state index contributed by atoms with van der Waals surface area (Å²) < 4.78 is 27.5. The Morgan fingerprint density at radius 1 is 1.08 bits per heavy atom. The van der Waals surface area contributed by atoms with Gasteiger partial charge >= 0.3 is 0 Å². The second kappa shape index (κ2) is 8.33. The largest absolute Gasteiger partial charge is 0.337 e. The minimum absolute atomic E-state index is 0.122. The van der Waals surface area contributed by atoms with E-state index in [2.05, 4.69) is 15.9 Å². The molecule has 0 unspecified atom stereocenters.